The van der Waals surface area contributed by atoms with E-state index in [1.807, 2.05) is 44.2 Å². The van der Waals surface area contributed by atoms with Gasteiger partial charge in [0.15, 0.2) is 0 Å². The summed E-state index contributed by atoms with van der Waals surface area (Å²) in [6, 6.07) is 8.77. The molecular formula is C16H23NO3S. The molecule has 2 N–H and O–H groups in total. The van der Waals surface area contributed by atoms with E-state index in [2.05, 4.69) is 5.32 Å². The molecule has 0 aliphatic rings. The Bertz CT molecular complexity index is 486. The van der Waals surface area contributed by atoms with Crippen molar-refractivity contribution in [2.24, 2.45) is 5.92 Å². The van der Waals surface area contributed by atoms with E-state index in [0.29, 0.717) is 6.42 Å². The van der Waals surface area contributed by atoms with Crippen molar-refractivity contribution in [1.29, 1.82) is 0 Å². The normalized spacial score (nSPS) is 13.0. The van der Waals surface area contributed by atoms with Crippen molar-refractivity contribution >= 4 is 23.6 Å². The number of thioether (sulfide) groups is 1. The van der Waals surface area contributed by atoms with Crippen LogP contribution in [0.15, 0.2) is 35.2 Å². The Morgan fingerprint density at radius 2 is 1.81 bits per heavy atom. The van der Waals surface area contributed by atoms with E-state index >= 15 is 0 Å². The summed E-state index contributed by atoms with van der Waals surface area (Å²) in [6.45, 7) is 7.47. The van der Waals surface area contributed by atoms with Gasteiger partial charge in [-0.1, -0.05) is 32.0 Å². The Labute approximate surface area is 130 Å². The zero-order chi connectivity index (χ0) is 16.0. The number of carbonyl (C=O) groups is 2. The van der Waals surface area contributed by atoms with E-state index in [9.17, 15) is 14.7 Å². The van der Waals surface area contributed by atoms with Gasteiger partial charge in [0.1, 0.15) is 6.04 Å². The van der Waals surface area contributed by atoms with E-state index in [1.165, 1.54) is 11.8 Å². The van der Waals surface area contributed by atoms with Crippen LogP contribution in [0.25, 0.3) is 0 Å². The summed E-state index contributed by atoms with van der Waals surface area (Å²) in [7, 11) is 0. The number of rotatable bonds is 7. The summed E-state index contributed by atoms with van der Waals surface area (Å²) in [4.78, 5) is 24.6. The molecule has 0 heterocycles. The van der Waals surface area contributed by atoms with Gasteiger partial charge in [0.05, 0.1) is 4.75 Å². The lowest BCUT2D eigenvalue weighted by Gasteiger charge is -2.26. The number of hydrogen-bond donors (Lipinski definition) is 2. The van der Waals surface area contributed by atoms with Gasteiger partial charge in [-0.3, -0.25) is 4.79 Å². The molecule has 0 radical (unpaired) electrons. The maximum absolute atomic E-state index is 12.4. The van der Waals surface area contributed by atoms with Crippen molar-refractivity contribution in [3.05, 3.63) is 30.3 Å². The van der Waals surface area contributed by atoms with Crippen LogP contribution < -0.4 is 5.32 Å². The predicted molar refractivity (Wildman–Crippen MR) is 85.4 cm³/mol. The maximum Gasteiger partial charge on any atom is 0.326 e. The number of carbonyl (C=O) groups excluding carboxylic acids is 1. The third-order valence-corrected chi connectivity index (χ3v) is 4.18. The van der Waals surface area contributed by atoms with Crippen LogP contribution in [0.1, 0.15) is 34.1 Å². The molecule has 1 unspecified atom stereocenters. The second-order valence-corrected chi connectivity index (χ2v) is 7.62. The summed E-state index contributed by atoms with van der Waals surface area (Å²) in [5.41, 5.74) is 0. The average Bonchev–Trinajstić information content (AvgIpc) is 2.37. The van der Waals surface area contributed by atoms with Gasteiger partial charge in [0, 0.05) is 4.90 Å². The van der Waals surface area contributed by atoms with Gasteiger partial charge >= 0.3 is 5.97 Å². The van der Waals surface area contributed by atoms with Crippen LogP contribution >= 0.6 is 11.8 Å². The lowest BCUT2D eigenvalue weighted by atomic mass is 10.0. The lowest BCUT2D eigenvalue weighted by molar-refractivity contribution is -0.142. The van der Waals surface area contributed by atoms with E-state index < -0.39 is 16.8 Å². The number of carboxylic acid groups (broad SMARTS) is 1. The first-order valence-electron chi connectivity index (χ1n) is 7.00. The SMILES string of the molecule is CC(C)CC(NC(=O)C(C)(C)Sc1ccccc1)C(=O)O. The number of benzene rings is 1. The number of carboxylic acids is 1. The Hall–Kier alpha value is -1.49. The molecule has 0 bridgehead atoms. The van der Waals surface area contributed by atoms with Crippen LogP contribution in [0, 0.1) is 5.92 Å². The molecule has 0 spiro atoms. The minimum absolute atomic E-state index is 0.205. The molecule has 0 fully saturated rings. The van der Waals surface area contributed by atoms with Crippen LogP contribution in [-0.2, 0) is 9.59 Å². The van der Waals surface area contributed by atoms with Gasteiger partial charge in [0.2, 0.25) is 5.91 Å². The standard InChI is InChI=1S/C16H23NO3S/c1-11(2)10-13(14(18)19)17-15(20)16(3,4)21-12-8-6-5-7-9-12/h5-9,11,13H,10H2,1-4H3,(H,17,20)(H,18,19). The van der Waals surface area contributed by atoms with Crippen molar-refractivity contribution in [3.63, 3.8) is 0 Å². The van der Waals surface area contributed by atoms with Gasteiger partial charge in [-0.15, -0.1) is 11.8 Å². The van der Waals surface area contributed by atoms with Gasteiger partial charge in [0.25, 0.3) is 0 Å². The topological polar surface area (TPSA) is 66.4 Å². The number of hydrogen-bond acceptors (Lipinski definition) is 3. The van der Waals surface area contributed by atoms with Gasteiger partial charge in [-0.2, -0.15) is 0 Å². The Morgan fingerprint density at radius 3 is 2.29 bits per heavy atom. The molecule has 0 saturated carbocycles. The molecule has 4 nitrogen and oxygen atoms in total. The van der Waals surface area contributed by atoms with Crippen molar-refractivity contribution < 1.29 is 14.7 Å². The molecule has 1 aromatic rings. The third kappa shape index (κ3) is 5.79. The summed E-state index contributed by atoms with van der Waals surface area (Å²) in [5.74, 6) is -1.04. The minimum atomic E-state index is -0.988. The highest BCUT2D eigenvalue weighted by molar-refractivity contribution is 8.01. The van der Waals surface area contributed by atoms with Gasteiger partial charge in [-0.05, 0) is 38.3 Å². The van der Waals surface area contributed by atoms with E-state index in [-0.39, 0.29) is 11.8 Å². The zero-order valence-electron chi connectivity index (χ0n) is 12.9. The number of nitrogens with one attached hydrogen (secondary N) is 1. The average molecular weight is 309 g/mol. The minimum Gasteiger partial charge on any atom is -0.480 e. The smallest absolute Gasteiger partial charge is 0.326 e. The number of amides is 1. The maximum atomic E-state index is 12.4. The predicted octanol–water partition coefficient (Wildman–Crippen LogP) is 3.17. The lowest BCUT2D eigenvalue weighted by Crippen LogP contribution is -2.48. The molecule has 1 aromatic carbocycles. The quantitative estimate of drug-likeness (QED) is 0.759. The summed E-state index contributed by atoms with van der Waals surface area (Å²) in [6.07, 6.45) is 0.424. The van der Waals surface area contributed by atoms with Crippen LogP contribution in [0.3, 0.4) is 0 Å². The molecule has 0 saturated heterocycles. The highest BCUT2D eigenvalue weighted by Gasteiger charge is 2.32. The molecule has 1 atom stereocenters. The highest BCUT2D eigenvalue weighted by Crippen LogP contribution is 2.32. The summed E-state index contributed by atoms with van der Waals surface area (Å²) in [5, 5.41) is 11.9. The second-order valence-electron chi connectivity index (χ2n) is 5.92. The van der Waals surface area contributed by atoms with Crippen LogP contribution in [-0.4, -0.2) is 27.8 Å². The van der Waals surface area contributed by atoms with E-state index in [4.69, 9.17) is 0 Å². The Kier molecular flexibility index (Phi) is 6.27. The molecule has 1 rings (SSSR count). The molecule has 116 valence electrons. The van der Waals surface area contributed by atoms with Crippen molar-refractivity contribution in [3.8, 4) is 0 Å². The largest absolute Gasteiger partial charge is 0.480 e. The first-order valence-corrected chi connectivity index (χ1v) is 7.82. The van der Waals surface area contributed by atoms with E-state index in [1.54, 1.807) is 13.8 Å². The number of aliphatic carboxylic acids is 1. The van der Waals surface area contributed by atoms with Crippen molar-refractivity contribution in [2.75, 3.05) is 0 Å². The monoisotopic (exact) mass is 309 g/mol. The fourth-order valence-corrected chi connectivity index (χ4v) is 2.89. The molecule has 0 aromatic heterocycles. The fourth-order valence-electron chi connectivity index (χ4n) is 1.85. The zero-order valence-corrected chi connectivity index (χ0v) is 13.7. The van der Waals surface area contributed by atoms with Gasteiger partial charge < -0.3 is 10.4 Å². The highest BCUT2D eigenvalue weighted by atomic mass is 32.2. The second kappa shape index (κ2) is 7.50. The molecule has 0 aliphatic carbocycles. The van der Waals surface area contributed by atoms with E-state index in [0.717, 1.165) is 4.90 Å². The van der Waals surface area contributed by atoms with Crippen LogP contribution in [0.5, 0.6) is 0 Å². The van der Waals surface area contributed by atoms with Crippen LogP contribution in [0.4, 0.5) is 0 Å². The van der Waals surface area contributed by atoms with Crippen LogP contribution in [0.2, 0.25) is 0 Å². The third-order valence-electron chi connectivity index (χ3n) is 2.97. The molecule has 0 aliphatic heterocycles. The van der Waals surface area contributed by atoms with Crippen molar-refractivity contribution in [2.45, 2.75) is 49.8 Å². The molecular weight excluding hydrogens is 286 g/mol. The molecule has 21 heavy (non-hydrogen) atoms. The first-order chi connectivity index (χ1) is 9.72. The summed E-state index contributed by atoms with van der Waals surface area (Å²) >= 11 is 1.42. The molecule has 5 heteroatoms. The molecule has 1 amide bonds. The van der Waals surface area contributed by atoms with Crippen molar-refractivity contribution in [1.82, 2.24) is 5.32 Å². The Morgan fingerprint density at radius 1 is 1.24 bits per heavy atom. The fraction of sp³-hybridized carbons (Fsp3) is 0.500. The summed E-state index contributed by atoms with van der Waals surface area (Å²) < 4.78 is -0.730. The Balaban J connectivity index is 2.73. The first kappa shape index (κ1) is 17.6. The van der Waals surface area contributed by atoms with Gasteiger partial charge in [-0.25, -0.2) is 4.79 Å².